The van der Waals surface area contributed by atoms with Crippen molar-refractivity contribution in [2.45, 2.75) is 32.4 Å². The largest absolute Gasteiger partial charge is 0.497 e. The van der Waals surface area contributed by atoms with Gasteiger partial charge in [0.05, 0.1) is 27.4 Å². The molecule has 1 amide bonds. The summed E-state index contributed by atoms with van der Waals surface area (Å²) in [5, 5.41) is 3.03. The summed E-state index contributed by atoms with van der Waals surface area (Å²) in [6.45, 7) is 3.73. The smallest absolute Gasteiger partial charge is 0.261 e. The number of benzene rings is 2. The van der Waals surface area contributed by atoms with Crippen molar-refractivity contribution in [1.82, 2.24) is 5.32 Å². The van der Waals surface area contributed by atoms with Crippen LogP contribution < -0.4 is 24.3 Å². The Kier molecular flexibility index (Phi) is 7.34. The first-order valence-corrected chi connectivity index (χ1v) is 8.85. The minimum Gasteiger partial charge on any atom is -0.497 e. The summed E-state index contributed by atoms with van der Waals surface area (Å²) >= 11 is 0. The van der Waals surface area contributed by atoms with Crippen molar-refractivity contribution >= 4 is 5.91 Å². The first-order valence-electron chi connectivity index (χ1n) is 8.85. The maximum atomic E-state index is 12.6. The van der Waals surface area contributed by atoms with Gasteiger partial charge in [0, 0.05) is 0 Å². The molecular weight excluding hydrogens is 346 g/mol. The van der Waals surface area contributed by atoms with Crippen LogP contribution in [-0.4, -0.2) is 33.3 Å². The molecule has 0 unspecified atom stereocenters. The summed E-state index contributed by atoms with van der Waals surface area (Å²) in [6.07, 6.45) is 0.101. The average Bonchev–Trinajstić information content (AvgIpc) is 2.71. The Hall–Kier alpha value is -2.89. The lowest BCUT2D eigenvalue weighted by Gasteiger charge is -2.22. The quantitative estimate of drug-likeness (QED) is 0.725. The number of amides is 1. The van der Waals surface area contributed by atoms with Crippen LogP contribution in [0.4, 0.5) is 0 Å². The molecule has 0 spiro atoms. The molecule has 0 bridgehead atoms. The SMILES string of the molecule is CC[C@H](NC(=O)[C@H](C)Oc1ccc(OC)cc1)c1ccc(OC)c(OC)c1. The standard InChI is InChI=1S/C21H27NO5/c1-6-18(15-7-12-19(25-4)20(13-15)26-5)22-21(23)14(2)27-17-10-8-16(24-3)9-11-17/h7-14,18H,6H2,1-5H3,(H,22,23)/t14-,18-/m0/s1. The van der Waals surface area contributed by atoms with Gasteiger partial charge in [0.15, 0.2) is 17.6 Å². The highest BCUT2D eigenvalue weighted by Gasteiger charge is 2.20. The summed E-state index contributed by atoms with van der Waals surface area (Å²) < 4.78 is 21.5. The molecule has 0 saturated heterocycles. The summed E-state index contributed by atoms with van der Waals surface area (Å²) in [6, 6.07) is 12.6. The second kappa shape index (κ2) is 9.71. The van der Waals surface area contributed by atoms with Crippen LogP contribution >= 0.6 is 0 Å². The van der Waals surface area contributed by atoms with Crippen LogP contribution in [0.3, 0.4) is 0 Å². The van der Waals surface area contributed by atoms with Gasteiger partial charge in [-0.05, 0) is 55.3 Å². The van der Waals surface area contributed by atoms with Gasteiger partial charge in [0.1, 0.15) is 11.5 Å². The van der Waals surface area contributed by atoms with Crippen molar-refractivity contribution in [3.05, 3.63) is 48.0 Å². The van der Waals surface area contributed by atoms with Crippen molar-refractivity contribution in [3.63, 3.8) is 0 Å². The van der Waals surface area contributed by atoms with E-state index in [4.69, 9.17) is 18.9 Å². The van der Waals surface area contributed by atoms with E-state index in [2.05, 4.69) is 5.32 Å². The highest BCUT2D eigenvalue weighted by atomic mass is 16.5. The molecule has 146 valence electrons. The van der Waals surface area contributed by atoms with Crippen LogP contribution in [0.2, 0.25) is 0 Å². The van der Waals surface area contributed by atoms with Crippen LogP contribution in [0.25, 0.3) is 0 Å². The van der Waals surface area contributed by atoms with Gasteiger partial charge in [-0.3, -0.25) is 4.79 Å². The second-order valence-corrected chi connectivity index (χ2v) is 6.02. The Balaban J connectivity index is 2.04. The molecule has 2 atom stereocenters. The maximum Gasteiger partial charge on any atom is 0.261 e. The highest BCUT2D eigenvalue weighted by molar-refractivity contribution is 5.81. The Morgan fingerprint density at radius 3 is 2.11 bits per heavy atom. The molecule has 0 heterocycles. The third kappa shape index (κ3) is 5.29. The maximum absolute atomic E-state index is 12.6. The molecule has 0 aliphatic carbocycles. The first-order chi connectivity index (χ1) is 13.0. The van der Waals surface area contributed by atoms with E-state index in [1.54, 1.807) is 52.5 Å². The van der Waals surface area contributed by atoms with Crippen LogP contribution in [0.5, 0.6) is 23.0 Å². The molecule has 2 rings (SSSR count). The van der Waals surface area contributed by atoms with Gasteiger partial charge in [-0.25, -0.2) is 0 Å². The van der Waals surface area contributed by atoms with Crippen LogP contribution in [0.15, 0.2) is 42.5 Å². The molecule has 0 saturated carbocycles. The van der Waals surface area contributed by atoms with Crippen molar-refractivity contribution < 1.29 is 23.7 Å². The Morgan fingerprint density at radius 1 is 0.926 bits per heavy atom. The molecule has 0 aromatic heterocycles. The van der Waals surface area contributed by atoms with E-state index >= 15 is 0 Å². The summed E-state index contributed by atoms with van der Waals surface area (Å²) in [7, 11) is 4.78. The van der Waals surface area contributed by atoms with E-state index in [0.717, 1.165) is 17.7 Å². The van der Waals surface area contributed by atoms with E-state index in [1.807, 2.05) is 25.1 Å². The number of carbonyl (C=O) groups is 1. The minimum absolute atomic E-state index is 0.153. The number of nitrogens with one attached hydrogen (secondary N) is 1. The normalized spacial score (nSPS) is 12.6. The van der Waals surface area contributed by atoms with Gasteiger partial charge in [-0.15, -0.1) is 0 Å². The van der Waals surface area contributed by atoms with Crippen molar-refractivity contribution in [1.29, 1.82) is 0 Å². The fourth-order valence-corrected chi connectivity index (χ4v) is 2.69. The molecule has 0 aliphatic heterocycles. The summed E-state index contributed by atoms with van der Waals surface area (Å²) in [4.78, 5) is 12.6. The summed E-state index contributed by atoms with van der Waals surface area (Å²) in [5.74, 6) is 2.44. The molecule has 6 nitrogen and oxygen atoms in total. The van der Waals surface area contributed by atoms with Crippen molar-refractivity contribution in [3.8, 4) is 23.0 Å². The van der Waals surface area contributed by atoms with Gasteiger partial charge < -0.3 is 24.3 Å². The van der Waals surface area contributed by atoms with Gasteiger partial charge in [-0.1, -0.05) is 13.0 Å². The lowest BCUT2D eigenvalue weighted by molar-refractivity contribution is -0.128. The Bertz CT molecular complexity index is 745. The van der Waals surface area contributed by atoms with Gasteiger partial charge in [-0.2, -0.15) is 0 Å². The van der Waals surface area contributed by atoms with Crippen LogP contribution in [-0.2, 0) is 4.79 Å². The average molecular weight is 373 g/mol. The Morgan fingerprint density at radius 2 is 1.56 bits per heavy atom. The molecule has 1 N–H and O–H groups in total. The van der Waals surface area contributed by atoms with E-state index in [1.165, 1.54) is 0 Å². The third-order valence-corrected chi connectivity index (χ3v) is 4.28. The minimum atomic E-state index is -0.632. The van der Waals surface area contributed by atoms with Gasteiger partial charge >= 0.3 is 0 Å². The van der Waals surface area contributed by atoms with Crippen LogP contribution in [0.1, 0.15) is 31.9 Å². The third-order valence-electron chi connectivity index (χ3n) is 4.28. The lowest BCUT2D eigenvalue weighted by atomic mass is 10.0. The first kappa shape index (κ1) is 20.4. The second-order valence-electron chi connectivity index (χ2n) is 6.02. The number of methoxy groups -OCH3 is 3. The van der Waals surface area contributed by atoms with E-state index in [-0.39, 0.29) is 11.9 Å². The zero-order chi connectivity index (χ0) is 19.8. The van der Waals surface area contributed by atoms with Crippen molar-refractivity contribution in [2.24, 2.45) is 0 Å². The number of rotatable bonds is 9. The van der Waals surface area contributed by atoms with Gasteiger partial charge in [0.2, 0.25) is 0 Å². The van der Waals surface area contributed by atoms with Crippen LogP contribution in [0, 0.1) is 0 Å². The molecule has 6 heteroatoms. The predicted octanol–water partition coefficient (Wildman–Crippen LogP) is 3.75. The molecule has 0 radical (unpaired) electrons. The zero-order valence-electron chi connectivity index (χ0n) is 16.4. The molecule has 27 heavy (non-hydrogen) atoms. The number of ether oxygens (including phenoxy) is 4. The fraction of sp³-hybridized carbons (Fsp3) is 0.381. The number of hydrogen-bond acceptors (Lipinski definition) is 5. The van der Waals surface area contributed by atoms with E-state index < -0.39 is 6.10 Å². The zero-order valence-corrected chi connectivity index (χ0v) is 16.4. The monoisotopic (exact) mass is 373 g/mol. The summed E-state index contributed by atoms with van der Waals surface area (Å²) in [5.41, 5.74) is 0.945. The van der Waals surface area contributed by atoms with E-state index in [0.29, 0.717) is 17.2 Å². The number of carbonyl (C=O) groups excluding carboxylic acids is 1. The molecule has 2 aromatic rings. The fourth-order valence-electron chi connectivity index (χ4n) is 2.69. The van der Waals surface area contributed by atoms with Crippen molar-refractivity contribution in [2.75, 3.05) is 21.3 Å². The van der Waals surface area contributed by atoms with Gasteiger partial charge in [0.25, 0.3) is 5.91 Å². The van der Waals surface area contributed by atoms with E-state index in [9.17, 15) is 4.79 Å². The molecule has 2 aromatic carbocycles. The molecule has 0 fully saturated rings. The molecular formula is C21H27NO5. The predicted molar refractivity (Wildman–Crippen MR) is 104 cm³/mol. The topological polar surface area (TPSA) is 66.0 Å². The highest BCUT2D eigenvalue weighted by Crippen LogP contribution is 2.31. The lowest BCUT2D eigenvalue weighted by Crippen LogP contribution is -2.38. The Labute approximate surface area is 160 Å². The number of hydrogen-bond donors (Lipinski definition) is 1. The molecule has 0 aliphatic rings.